The molecule has 1 aromatic carbocycles. The number of rotatable bonds is 6. The molecule has 0 heterocycles. The summed E-state index contributed by atoms with van der Waals surface area (Å²) < 4.78 is 5.36. The fourth-order valence-corrected chi connectivity index (χ4v) is 2.33. The lowest BCUT2D eigenvalue weighted by Gasteiger charge is -2.34. The second kappa shape index (κ2) is 7.63. The zero-order valence-corrected chi connectivity index (χ0v) is 14.4. The Morgan fingerprint density at radius 1 is 1.23 bits per heavy atom. The quantitative estimate of drug-likeness (QED) is 0.866. The van der Waals surface area contributed by atoms with E-state index < -0.39 is 17.3 Å². The second-order valence-corrected chi connectivity index (χ2v) is 6.84. The molecule has 1 unspecified atom stereocenters. The van der Waals surface area contributed by atoms with Crippen LogP contribution in [0.5, 0.6) is 0 Å². The fourth-order valence-electron chi connectivity index (χ4n) is 2.33. The van der Waals surface area contributed by atoms with E-state index in [0.29, 0.717) is 6.42 Å². The molecule has 22 heavy (non-hydrogen) atoms. The molecule has 124 valence electrons. The lowest BCUT2D eigenvalue weighted by atomic mass is 9.88. The highest BCUT2D eigenvalue weighted by atomic mass is 16.6. The summed E-state index contributed by atoms with van der Waals surface area (Å²) in [6.45, 7) is 7.80. The summed E-state index contributed by atoms with van der Waals surface area (Å²) in [6, 6.07) is 9.53. The summed E-state index contributed by atoms with van der Waals surface area (Å²) in [5.41, 5.74) is -0.762. The monoisotopic (exact) mass is 307 g/mol. The van der Waals surface area contributed by atoms with E-state index in [1.54, 1.807) is 7.05 Å². The van der Waals surface area contributed by atoms with Gasteiger partial charge in [-0.2, -0.15) is 0 Å². The Hall–Kier alpha value is -1.55. The molecule has 0 spiro atoms. The number of unbranched alkanes of at least 4 members (excludes halogenated alkanes) is 1. The average Bonchev–Trinajstić information content (AvgIpc) is 2.44. The van der Waals surface area contributed by atoms with Crippen LogP contribution in [-0.4, -0.2) is 35.3 Å². The molecule has 0 saturated heterocycles. The molecule has 1 atom stereocenters. The Bertz CT molecular complexity index is 467. The summed E-state index contributed by atoms with van der Waals surface area (Å²) in [7, 11) is 1.66. The molecule has 0 aliphatic heterocycles. The Labute approximate surface area is 134 Å². The Kier molecular flexibility index (Phi) is 6.42. The third-order valence-corrected chi connectivity index (χ3v) is 3.46. The maximum atomic E-state index is 12.1. The second-order valence-electron chi connectivity index (χ2n) is 6.84. The number of carbonyl (C=O) groups is 1. The van der Waals surface area contributed by atoms with Crippen molar-refractivity contribution in [1.82, 2.24) is 4.90 Å². The van der Waals surface area contributed by atoms with E-state index in [1.165, 1.54) is 4.90 Å². The van der Waals surface area contributed by atoms with Crippen LogP contribution in [0.2, 0.25) is 0 Å². The van der Waals surface area contributed by atoms with Crippen molar-refractivity contribution >= 4 is 6.09 Å². The van der Waals surface area contributed by atoms with E-state index >= 15 is 0 Å². The van der Waals surface area contributed by atoms with Crippen LogP contribution in [0.3, 0.4) is 0 Å². The van der Waals surface area contributed by atoms with Gasteiger partial charge in [-0.1, -0.05) is 50.1 Å². The van der Waals surface area contributed by atoms with Gasteiger partial charge in [0.2, 0.25) is 0 Å². The van der Waals surface area contributed by atoms with Crippen molar-refractivity contribution in [2.75, 3.05) is 13.6 Å². The van der Waals surface area contributed by atoms with Crippen molar-refractivity contribution in [2.45, 2.75) is 58.2 Å². The first-order chi connectivity index (χ1) is 10.2. The maximum absolute atomic E-state index is 12.1. The molecular formula is C18H29NO3. The summed E-state index contributed by atoms with van der Waals surface area (Å²) in [6.07, 6.45) is 2.08. The van der Waals surface area contributed by atoms with Crippen molar-refractivity contribution < 1.29 is 14.6 Å². The lowest BCUT2D eigenvalue weighted by Crippen LogP contribution is -2.44. The molecule has 0 aliphatic carbocycles. The minimum absolute atomic E-state index is 0.214. The molecule has 4 nitrogen and oxygen atoms in total. The Balaban J connectivity index is 2.87. The third-order valence-electron chi connectivity index (χ3n) is 3.46. The number of hydrogen-bond acceptors (Lipinski definition) is 3. The van der Waals surface area contributed by atoms with Crippen LogP contribution in [0.1, 0.15) is 52.5 Å². The van der Waals surface area contributed by atoms with E-state index in [1.807, 2.05) is 51.1 Å². The van der Waals surface area contributed by atoms with Crippen molar-refractivity contribution in [1.29, 1.82) is 0 Å². The summed E-state index contributed by atoms with van der Waals surface area (Å²) in [4.78, 5) is 13.6. The van der Waals surface area contributed by atoms with Gasteiger partial charge in [-0.15, -0.1) is 0 Å². The fraction of sp³-hybridized carbons (Fsp3) is 0.611. The molecule has 1 amide bonds. The minimum Gasteiger partial charge on any atom is -0.444 e. The van der Waals surface area contributed by atoms with Crippen molar-refractivity contribution in [3.8, 4) is 0 Å². The molecule has 1 N–H and O–H groups in total. The molecule has 0 aliphatic rings. The summed E-state index contributed by atoms with van der Waals surface area (Å²) in [5, 5.41) is 11.1. The minimum atomic E-state index is -1.05. The maximum Gasteiger partial charge on any atom is 0.410 e. The van der Waals surface area contributed by atoms with E-state index in [9.17, 15) is 9.90 Å². The van der Waals surface area contributed by atoms with Crippen LogP contribution in [0, 0.1) is 0 Å². The van der Waals surface area contributed by atoms with Gasteiger partial charge < -0.3 is 14.7 Å². The number of amides is 1. The first kappa shape index (κ1) is 18.5. The van der Waals surface area contributed by atoms with Gasteiger partial charge in [0.15, 0.2) is 0 Å². The molecule has 1 rings (SSSR count). The van der Waals surface area contributed by atoms with Gasteiger partial charge in [-0.25, -0.2) is 4.79 Å². The van der Waals surface area contributed by atoms with Gasteiger partial charge in [0, 0.05) is 7.05 Å². The highest BCUT2D eigenvalue weighted by Gasteiger charge is 2.32. The van der Waals surface area contributed by atoms with Gasteiger partial charge in [0.1, 0.15) is 11.2 Å². The Morgan fingerprint density at radius 3 is 2.32 bits per heavy atom. The lowest BCUT2D eigenvalue weighted by molar-refractivity contribution is -0.0204. The van der Waals surface area contributed by atoms with E-state index in [4.69, 9.17) is 4.74 Å². The van der Waals surface area contributed by atoms with Gasteiger partial charge in [0.25, 0.3) is 0 Å². The van der Waals surface area contributed by atoms with E-state index in [0.717, 1.165) is 18.4 Å². The highest BCUT2D eigenvalue weighted by molar-refractivity contribution is 5.67. The van der Waals surface area contributed by atoms with Gasteiger partial charge in [0.05, 0.1) is 6.54 Å². The smallest absolute Gasteiger partial charge is 0.410 e. The standard InChI is InChI=1S/C18H29NO3/c1-6-7-13-18(21,15-11-9-8-10-12-15)14-19(5)16(20)22-17(2,3)4/h8-12,21H,6-7,13-14H2,1-5H3. The van der Waals surface area contributed by atoms with Gasteiger partial charge in [-0.3, -0.25) is 0 Å². The highest BCUT2D eigenvalue weighted by Crippen LogP contribution is 2.28. The normalized spacial score (nSPS) is 14.3. The van der Waals surface area contributed by atoms with Crippen molar-refractivity contribution in [3.05, 3.63) is 35.9 Å². The number of benzene rings is 1. The average molecular weight is 307 g/mol. The number of nitrogens with zero attached hydrogens (tertiary/aromatic N) is 1. The number of hydrogen-bond donors (Lipinski definition) is 1. The molecule has 0 bridgehead atoms. The van der Waals surface area contributed by atoms with Crippen LogP contribution >= 0.6 is 0 Å². The number of ether oxygens (including phenoxy) is 1. The van der Waals surface area contributed by atoms with Gasteiger partial charge in [-0.05, 0) is 32.8 Å². The van der Waals surface area contributed by atoms with Crippen LogP contribution in [-0.2, 0) is 10.3 Å². The Morgan fingerprint density at radius 2 is 1.82 bits per heavy atom. The van der Waals surface area contributed by atoms with Crippen LogP contribution < -0.4 is 0 Å². The predicted octanol–water partition coefficient (Wildman–Crippen LogP) is 3.93. The van der Waals surface area contributed by atoms with Crippen LogP contribution in [0.4, 0.5) is 4.79 Å². The van der Waals surface area contributed by atoms with Gasteiger partial charge >= 0.3 is 6.09 Å². The third kappa shape index (κ3) is 5.68. The predicted molar refractivity (Wildman–Crippen MR) is 88.7 cm³/mol. The summed E-state index contributed by atoms with van der Waals surface area (Å²) in [5.74, 6) is 0. The van der Waals surface area contributed by atoms with Crippen LogP contribution in [0.25, 0.3) is 0 Å². The first-order valence-corrected chi connectivity index (χ1v) is 7.90. The van der Waals surface area contributed by atoms with Crippen molar-refractivity contribution in [3.63, 3.8) is 0 Å². The number of aliphatic hydroxyl groups is 1. The van der Waals surface area contributed by atoms with E-state index in [-0.39, 0.29) is 6.54 Å². The molecule has 0 saturated carbocycles. The number of likely N-dealkylation sites (N-methyl/N-ethyl adjacent to an activating group) is 1. The topological polar surface area (TPSA) is 49.8 Å². The SMILES string of the molecule is CCCCC(O)(CN(C)C(=O)OC(C)(C)C)c1ccccc1. The molecule has 4 heteroatoms. The zero-order chi connectivity index (χ0) is 16.8. The molecular weight excluding hydrogens is 278 g/mol. The molecule has 1 aromatic rings. The molecule has 0 fully saturated rings. The molecule has 0 aromatic heterocycles. The first-order valence-electron chi connectivity index (χ1n) is 7.90. The number of carbonyl (C=O) groups excluding carboxylic acids is 1. The summed E-state index contributed by atoms with van der Waals surface area (Å²) >= 11 is 0. The molecule has 0 radical (unpaired) electrons. The van der Waals surface area contributed by atoms with E-state index in [2.05, 4.69) is 6.92 Å². The largest absolute Gasteiger partial charge is 0.444 e. The van der Waals surface area contributed by atoms with Crippen molar-refractivity contribution in [2.24, 2.45) is 0 Å². The zero-order valence-electron chi connectivity index (χ0n) is 14.4. The van der Waals surface area contributed by atoms with Crippen LogP contribution in [0.15, 0.2) is 30.3 Å².